The van der Waals surface area contributed by atoms with Gasteiger partial charge in [-0.2, -0.15) is 0 Å². The van der Waals surface area contributed by atoms with Crippen LogP contribution < -0.4 is 30.8 Å². The van der Waals surface area contributed by atoms with Crippen molar-refractivity contribution in [2.75, 3.05) is 4.90 Å². The van der Waals surface area contributed by atoms with Crippen molar-refractivity contribution in [1.82, 2.24) is 4.57 Å². The van der Waals surface area contributed by atoms with Crippen molar-refractivity contribution in [3.63, 3.8) is 0 Å². The Labute approximate surface area is 325 Å². The van der Waals surface area contributed by atoms with Crippen molar-refractivity contribution in [1.29, 1.82) is 0 Å². The van der Waals surface area contributed by atoms with Crippen molar-refractivity contribution >= 4 is 62.0 Å². The Kier molecular flexibility index (Phi) is 6.45. The van der Waals surface area contributed by atoms with Crippen molar-refractivity contribution in [2.45, 2.75) is 19.3 Å². The zero-order valence-corrected chi connectivity index (χ0v) is 31.0. The Balaban J connectivity index is 1.12. The normalized spacial score (nSPS) is 13.9. The first-order valence-electron chi connectivity index (χ1n) is 19.4. The summed E-state index contributed by atoms with van der Waals surface area (Å²) in [7, 11) is 0. The van der Waals surface area contributed by atoms with E-state index in [4.69, 9.17) is 9.47 Å². The number of hydrogen-bond acceptors (Lipinski definition) is 3. The molecule has 0 saturated carbocycles. The lowest BCUT2D eigenvalue weighted by Gasteiger charge is -2.34. The quantitative estimate of drug-likeness (QED) is 0.170. The summed E-state index contributed by atoms with van der Waals surface area (Å²) in [5.74, 6) is 3.55. The van der Waals surface area contributed by atoms with Crippen LogP contribution in [0.15, 0.2) is 176 Å². The molecular weight excluding hydrogens is 683 g/mol. The highest BCUT2D eigenvalue weighted by molar-refractivity contribution is 6.98. The first kappa shape index (κ1) is 31.4. The molecule has 0 unspecified atom stereocenters. The molecule has 0 N–H and O–H groups in total. The molecule has 9 aromatic rings. The van der Waals surface area contributed by atoms with Gasteiger partial charge in [-0.05, 0) is 88.3 Å². The van der Waals surface area contributed by atoms with Gasteiger partial charge in [0.05, 0.1) is 16.4 Å². The number of aromatic nitrogens is 1. The van der Waals surface area contributed by atoms with Gasteiger partial charge >= 0.3 is 0 Å². The number of para-hydroxylation sites is 5. The maximum atomic E-state index is 7.52. The Morgan fingerprint density at radius 2 is 1.20 bits per heavy atom. The number of anilines is 3. The van der Waals surface area contributed by atoms with Crippen LogP contribution in [0.2, 0.25) is 0 Å². The maximum absolute atomic E-state index is 7.52. The van der Waals surface area contributed by atoms with Gasteiger partial charge in [-0.3, -0.25) is 0 Å². The Morgan fingerprint density at radius 3 is 1.96 bits per heavy atom. The monoisotopic (exact) mass is 718 g/mol. The number of fused-ring (bicyclic) bond motifs is 12. The molecule has 12 rings (SSSR count). The average molecular weight is 719 g/mol. The standard InChI is InChI=1S/C51H35BN2O2/c1-51(2)38-28-29-41-49(46(38)36-27-26-35(30-39(36)51)53(32-16-6-3-7-17-32)33-18-8-4-9-19-33)56-50-47-37-22-12-14-24-42(37)54(34-20-10-5-11-21-34)43(47)31-45-48(50)52(41)40-23-13-15-25-44(40)55-45/h3-31H,1-2H3. The molecule has 0 saturated heterocycles. The van der Waals surface area contributed by atoms with Gasteiger partial charge in [-0.15, -0.1) is 0 Å². The molecule has 4 nitrogen and oxygen atoms in total. The van der Waals surface area contributed by atoms with E-state index in [1.807, 2.05) is 0 Å². The smallest absolute Gasteiger partial charge is 0.260 e. The van der Waals surface area contributed by atoms with E-state index in [1.54, 1.807) is 0 Å². The molecule has 0 atom stereocenters. The first-order chi connectivity index (χ1) is 27.6. The van der Waals surface area contributed by atoms with Gasteiger partial charge in [0.2, 0.25) is 0 Å². The molecule has 264 valence electrons. The van der Waals surface area contributed by atoms with Crippen molar-refractivity contribution in [3.05, 3.63) is 187 Å². The number of benzene rings is 8. The van der Waals surface area contributed by atoms with Gasteiger partial charge in [-0.1, -0.05) is 123 Å². The third-order valence-corrected chi connectivity index (χ3v) is 12.3. The maximum Gasteiger partial charge on any atom is 0.260 e. The predicted octanol–water partition coefficient (Wildman–Crippen LogP) is 11.3. The zero-order chi connectivity index (χ0) is 37.1. The average Bonchev–Trinajstić information content (AvgIpc) is 3.70. The van der Waals surface area contributed by atoms with Crippen molar-refractivity contribution in [3.8, 4) is 39.8 Å². The summed E-state index contributed by atoms with van der Waals surface area (Å²) < 4.78 is 16.7. The molecule has 3 aliphatic rings. The molecule has 0 fully saturated rings. The van der Waals surface area contributed by atoms with Crippen LogP contribution >= 0.6 is 0 Å². The topological polar surface area (TPSA) is 26.6 Å². The highest BCUT2D eigenvalue weighted by atomic mass is 16.5. The van der Waals surface area contributed by atoms with Gasteiger partial charge in [0, 0.05) is 50.6 Å². The summed E-state index contributed by atoms with van der Waals surface area (Å²) in [4.78, 5) is 2.35. The molecule has 5 heteroatoms. The second-order valence-electron chi connectivity index (χ2n) is 15.6. The second kappa shape index (κ2) is 11.5. The van der Waals surface area contributed by atoms with Gasteiger partial charge in [0.25, 0.3) is 6.71 Å². The van der Waals surface area contributed by atoms with E-state index >= 15 is 0 Å². The van der Waals surface area contributed by atoms with E-state index in [0.717, 1.165) is 78.5 Å². The lowest BCUT2D eigenvalue weighted by atomic mass is 9.34. The summed E-state index contributed by atoms with van der Waals surface area (Å²) in [6.07, 6.45) is 0. The molecule has 8 aromatic carbocycles. The summed E-state index contributed by atoms with van der Waals surface area (Å²) in [5.41, 5.74) is 14.8. The highest BCUT2D eigenvalue weighted by Crippen LogP contribution is 2.55. The van der Waals surface area contributed by atoms with Gasteiger partial charge < -0.3 is 18.9 Å². The van der Waals surface area contributed by atoms with Gasteiger partial charge in [0.15, 0.2) is 0 Å². The van der Waals surface area contributed by atoms with Crippen LogP contribution in [-0.4, -0.2) is 11.3 Å². The minimum Gasteiger partial charge on any atom is -0.458 e. The molecule has 0 bridgehead atoms. The van der Waals surface area contributed by atoms with Gasteiger partial charge in [0.1, 0.15) is 23.0 Å². The van der Waals surface area contributed by atoms with E-state index in [-0.39, 0.29) is 12.1 Å². The molecule has 2 aliphatic heterocycles. The Morgan fingerprint density at radius 1 is 0.518 bits per heavy atom. The lowest BCUT2D eigenvalue weighted by molar-refractivity contribution is 0.469. The fourth-order valence-electron chi connectivity index (χ4n) is 9.79. The van der Waals surface area contributed by atoms with Crippen LogP contribution in [0.5, 0.6) is 23.0 Å². The van der Waals surface area contributed by atoms with E-state index < -0.39 is 0 Å². The molecule has 1 aliphatic carbocycles. The third-order valence-electron chi connectivity index (χ3n) is 12.3. The van der Waals surface area contributed by atoms with E-state index in [1.165, 1.54) is 27.7 Å². The fraction of sp³-hybridized carbons (Fsp3) is 0.0588. The minimum atomic E-state index is -0.271. The second-order valence-corrected chi connectivity index (χ2v) is 15.6. The molecule has 1 aromatic heterocycles. The number of rotatable bonds is 4. The summed E-state index contributed by atoms with van der Waals surface area (Å²) in [6.45, 7) is 4.65. The SMILES string of the molecule is CC1(C)c2cc(N(c3ccccc3)c3ccccc3)ccc2-c2c1ccc1c2Oc2c3c(cc4c2c2ccccc2n4-c2ccccc2)Oc2ccccc2B13. The molecule has 0 spiro atoms. The van der Waals surface area contributed by atoms with Crippen LogP contribution in [0.1, 0.15) is 25.0 Å². The predicted molar refractivity (Wildman–Crippen MR) is 231 cm³/mol. The summed E-state index contributed by atoms with van der Waals surface area (Å²) >= 11 is 0. The number of nitrogens with zero attached hydrogens (tertiary/aromatic N) is 2. The van der Waals surface area contributed by atoms with Crippen LogP contribution in [0.3, 0.4) is 0 Å². The van der Waals surface area contributed by atoms with Crippen LogP contribution in [0.4, 0.5) is 17.1 Å². The van der Waals surface area contributed by atoms with Crippen LogP contribution in [0, 0.1) is 0 Å². The molecule has 0 radical (unpaired) electrons. The Bertz CT molecular complexity index is 3020. The zero-order valence-electron chi connectivity index (χ0n) is 31.0. The molecule has 3 heterocycles. The lowest BCUT2D eigenvalue weighted by Crippen LogP contribution is -2.57. The van der Waals surface area contributed by atoms with E-state index in [2.05, 4.69) is 199 Å². The summed E-state index contributed by atoms with van der Waals surface area (Å²) in [5, 5.41) is 2.26. The molecule has 56 heavy (non-hydrogen) atoms. The highest BCUT2D eigenvalue weighted by Gasteiger charge is 2.46. The molecular formula is C51H35BN2O2. The molecule has 0 amide bonds. The van der Waals surface area contributed by atoms with E-state index in [0.29, 0.717) is 0 Å². The fourth-order valence-corrected chi connectivity index (χ4v) is 9.79. The van der Waals surface area contributed by atoms with Crippen molar-refractivity contribution < 1.29 is 9.47 Å². The third kappa shape index (κ3) is 4.25. The number of ether oxygens (including phenoxy) is 2. The minimum absolute atomic E-state index is 0.0553. The van der Waals surface area contributed by atoms with Crippen LogP contribution in [0.25, 0.3) is 38.6 Å². The van der Waals surface area contributed by atoms with Crippen molar-refractivity contribution in [2.24, 2.45) is 0 Å². The Hall–Kier alpha value is -6.98. The van der Waals surface area contributed by atoms with Crippen LogP contribution in [-0.2, 0) is 5.41 Å². The largest absolute Gasteiger partial charge is 0.458 e. The number of hydrogen-bond donors (Lipinski definition) is 0. The van der Waals surface area contributed by atoms with E-state index in [9.17, 15) is 0 Å². The first-order valence-corrected chi connectivity index (χ1v) is 19.4. The summed E-state index contributed by atoms with van der Waals surface area (Å²) in [6, 6.07) is 63.0. The van der Waals surface area contributed by atoms with Gasteiger partial charge in [-0.25, -0.2) is 0 Å².